The third kappa shape index (κ3) is 3.85. The molecule has 2 rings (SSSR count). The van der Waals surface area contributed by atoms with Crippen LogP contribution in [0.3, 0.4) is 0 Å². The predicted molar refractivity (Wildman–Crippen MR) is 64.5 cm³/mol. The topological polar surface area (TPSA) is 32.3 Å². The van der Waals surface area contributed by atoms with Crippen molar-refractivity contribution in [1.29, 1.82) is 0 Å². The zero-order chi connectivity index (χ0) is 10.7. The zero-order valence-electron chi connectivity index (χ0n) is 9.58. The summed E-state index contributed by atoms with van der Waals surface area (Å²) in [6.07, 6.45) is 5.85. The van der Waals surface area contributed by atoms with E-state index in [-0.39, 0.29) is 0 Å². The second kappa shape index (κ2) is 5.41. The molecule has 0 radical (unpaired) electrons. The van der Waals surface area contributed by atoms with Crippen molar-refractivity contribution >= 4 is 10.8 Å². The van der Waals surface area contributed by atoms with Crippen LogP contribution in [0.25, 0.3) is 0 Å². The van der Waals surface area contributed by atoms with Gasteiger partial charge in [0, 0.05) is 41.9 Å². The van der Waals surface area contributed by atoms with Crippen LogP contribution < -0.4 is 5.32 Å². The molecular formula is C11H22N2OS. The third-order valence-electron chi connectivity index (χ3n) is 3.40. The fraction of sp³-hybridized carbons (Fsp3) is 1.00. The van der Waals surface area contributed by atoms with E-state index >= 15 is 0 Å². The van der Waals surface area contributed by atoms with Gasteiger partial charge in [0.05, 0.1) is 0 Å². The molecule has 2 unspecified atom stereocenters. The molecule has 1 aliphatic carbocycles. The quantitative estimate of drug-likeness (QED) is 0.760. The lowest BCUT2D eigenvalue weighted by Gasteiger charge is -2.23. The fourth-order valence-corrected chi connectivity index (χ4v) is 2.81. The zero-order valence-corrected chi connectivity index (χ0v) is 10.4. The molecular weight excluding hydrogens is 208 g/mol. The maximum absolute atomic E-state index is 11.1. The average Bonchev–Trinajstić information content (AvgIpc) is 3.01. The number of nitrogens with zero attached hydrogens (tertiary/aromatic N) is 1. The first-order valence-electron chi connectivity index (χ1n) is 6.01. The van der Waals surface area contributed by atoms with Crippen LogP contribution in [0.1, 0.15) is 19.3 Å². The molecule has 1 saturated carbocycles. The lowest BCUT2D eigenvalue weighted by atomic mass is 10.2. The molecule has 0 aromatic rings. The molecule has 1 saturated heterocycles. The molecule has 15 heavy (non-hydrogen) atoms. The highest BCUT2D eigenvalue weighted by atomic mass is 32.2. The molecule has 2 atom stereocenters. The monoisotopic (exact) mass is 230 g/mol. The third-order valence-corrected chi connectivity index (χ3v) is 4.16. The molecule has 0 amide bonds. The van der Waals surface area contributed by atoms with Crippen molar-refractivity contribution < 1.29 is 4.21 Å². The van der Waals surface area contributed by atoms with Gasteiger partial charge in [-0.05, 0) is 38.3 Å². The molecule has 88 valence electrons. The minimum Gasteiger partial charge on any atom is -0.312 e. The Kier molecular flexibility index (Phi) is 4.17. The van der Waals surface area contributed by atoms with Crippen molar-refractivity contribution in [3.8, 4) is 0 Å². The summed E-state index contributed by atoms with van der Waals surface area (Å²) in [5.41, 5.74) is 0. The largest absolute Gasteiger partial charge is 0.312 e. The Labute approximate surface area is 95.1 Å². The van der Waals surface area contributed by atoms with Gasteiger partial charge >= 0.3 is 0 Å². The van der Waals surface area contributed by atoms with Gasteiger partial charge in [-0.3, -0.25) is 4.21 Å². The summed E-state index contributed by atoms with van der Waals surface area (Å²) in [6, 6.07) is 0.706. The Morgan fingerprint density at radius 2 is 2.27 bits per heavy atom. The van der Waals surface area contributed by atoms with Crippen LogP contribution in [0.5, 0.6) is 0 Å². The van der Waals surface area contributed by atoms with Gasteiger partial charge in [0.15, 0.2) is 0 Å². The Balaban J connectivity index is 1.78. The molecule has 1 heterocycles. The van der Waals surface area contributed by atoms with E-state index in [9.17, 15) is 4.21 Å². The fourth-order valence-electron chi connectivity index (χ4n) is 2.30. The van der Waals surface area contributed by atoms with Crippen LogP contribution in [0.2, 0.25) is 0 Å². The Morgan fingerprint density at radius 1 is 1.47 bits per heavy atom. The lowest BCUT2D eigenvalue weighted by Crippen LogP contribution is -2.40. The normalized spacial score (nSPS) is 31.1. The van der Waals surface area contributed by atoms with E-state index in [4.69, 9.17) is 0 Å². The summed E-state index contributed by atoms with van der Waals surface area (Å²) in [5, 5.41) is 3.64. The first kappa shape index (κ1) is 11.6. The lowest BCUT2D eigenvalue weighted by molar-refractivity contribution is 0.273. The van der Waals surface area contributed by atoms with E-state index in [1.54, 1.807) is 6.26 Å². The van der Waals surface area contributed by atoms with Crippen LogP contribution in [0.4, 0.5) is 0 Å². The smallest absolute Gasteiger partial charge is 0.0359 e. The number of hydrogen-bond donors (Lipinski definition) is 1. The SMILES string of the molecule is CS(=O)CCN1CCCNC(C2CC2)C1. The molecule has 1 aliphatic heterocycles. The van der Waals surface area contributed by atoms with E-state index in [0.717, 1.165) is 24.8 Å². The molecule has 0 aromatic heterocycles. The van der Waals surface area contributed by atoms with Gasteiger partial charge in [-0.25, -0.2) is 0 Å². The van der Waals surface area contributed by atoms with E-state index in [0.29, 0.717) is 6.04 Å². The van der Waals surface area contributed by atoms with E-state index in [2.05, 4.69) is 10.2 Å². The number of hydrogen-bond acceptors (Lipinski definition) is 3. The minimum atomic E-state index is -0.641. The molecule has 3 nitrogen and oxygen atoms in total. The summed E-state index contributed by atoms with van der Waals surface area (Å²) >= 11 is 0. The number of rotatable bonds is 4. The highest BCUT2D eigenvalue weighted by Gasteiger charge is 2.32. The van der Waals surface area contributed by atoms with E-state index in [1.807, 2.05) is 0 Å². The summed E-state index contributed by atoms with van der Waals surface area (Å²) in [6.45, 7) is 4.51. The summed E-state index contributed by atoms with van der Waals surface area (Å²) in [4.78, 5) is 2.49. The molecule has 0 aromatic carbocycles. The second-order valence-corrected chi connectivity index (χ2v) is 6.38. The van der Waals surface area contributed by atoms with Crippen molar-refractivity contribution in [1.82, 2.24) is 10.2 Å². The Hall–Kier alpha value is 0.0700. The molecule has 4 heteroatoms. The van der Waals surface area contributed by atoms with Crippen molar-refractivity contribution in [3.05, 3.63) is 0 Å². The summed E-state index contributed by atoms with van der Waals surface area (Å²) in [7, 11) is -0.641. The highest BCUT2D eigenvalue weighted by molar-refractivity contribution is 7.84. The number of nitrogens with one attached hydrogen (secondary N) is 1. The van der Waals surface area contributed by atoms with Gasteiger partial charge in [-0.15, -0.1) is 0 Å². The van der Waals surface area contributed by atoms with Gasteiger partial charge in [-0.2, -0.15) is 0 Å². The van der Waals surface area contributed by atoms with Crippen LogP contribution >= 0.6 is 0 Å². The Bertz CT molecular complexity index is 231. The molecule has 2 aliphatic rings. The molecule has 0 bridgehead atoms. The van der Waals surface area contributed by atoms with Gasteiger partial charge in [-0.1, -0.05) is 0 Å². The molecule has 0 spiro atoms. The minimum absolute atomic E-state index is 0.641. The molecule has 1 N–H and O–H groups in total. The van der Waals surface area contributed by atoms with Crippen LogP contribution in [-0.2, 0) is 10.8 Å². The predicted octanol–water partition coefficient (Wildman–Crippen LogP) is 0.439. The second-order valence-electron chi connectivity index (χ2n) is 4.83. The van der Waals surface area contributed by atoms with Crippen LogP contribution in [0, 0.1) is 5.92 Å². The van der Waals surface area contributed by atoms with E-state index in [1.165, 1.54) is 32.4 Å². The van der Waals surface area contributed by atoms with Crippen molar-refractivity contribution in [2.75, 3.05) is 38.2 Å². The maximum atomic E-state index is 11.1. The van der Waals surface area contributed by atoms with Crippen molar-refractivity contribution in [3.63, 3.8) is 0 Å². The summed E-state index contributed by atoms with van der Waals surface area (Å²) < 4.78 is 11.1. The van der Waals surface area contributed by atoms with Gasteiger partial charge < -0.3 is 10.2 Å². The molecule has 2 fully saturated rings. The van der Waals surface area contributed by atoms with Crippen molar-refractivity contribution in [2.24, 2.45) is 5.92 Å². The van der Waals surface area contributed by atoms with Gasteiger partial charge in [0.1, 0.15) is 0 Å². The summed E-state index contributed by atoms with van der Waals surface area (Å²) in [5.74, 6) is 1.76. The standard InChI is InChI=1S/C11H22N2OS/c1-15(14)8-7-13-6-2-5-12-11(9-13)10-3-4-10/h10-12H,2-9H2,1H3. The first-order valence-corrected chi connectivity index (χ1v) is 7.74. The van der Waals surface area contributed by atoms with Crippen molar-refractivity contribution in [2.45, 2.75) is 25.3 Å². The van der Waals surface area contributed by atoms with Gasteiger partial charge in [0.2, 0.25) is 0 Å². The van der Waals surface area contributed by atoms with E-state index < -0.39 is 10.8 Å². The average molecular weight is 230 g/mol. The Morgan fingerprint density at radius 3 is 2.93 bits per heavy atom. The highest BCUT2D eigenvalue weighted by Crippen LogP contribution is 2.33. The van der Waals surface area contributed by atoms with Gasteiger partial charge in [0.25, 0.3) is 0 Å². The van der Waals surface area contributed by atoms with Crippen LogP contribution in [0.15, 0.2) is 0 Å². The first-order chi connectivity index (χ1) is 7.25. The maximum Gasteiger partial charge on any atom is 0.0359 e. The van der Waals surface area contributed by atoms with Crippen LogP contribution in [-0.4, -0.2) is 53.3 Å².